The molecule has 0 saturated heterocycles. The minimum Gasteiger partial charge on any atom is -0.391 e. The molecule has 0 fully saturated rings. The number of amides is 1. The number of aliphatic hydroxyl groups is 1. The van der Waals surface area contributed by atoms with Gasteiger partial charge >= 0.3 is 6.18 Å². The van der Waals surface area contributed by atoms with Gasteiger partial charge in [-0.25, -0.2) is 0 Å². The minimum atomic E-state index is -4.48. The third kappa shape index (κ3) is 4.51. The van der Waals surface area contributed by atoms with Gasteiger partial charge < -0.3 is 10.4 Å². The summed E-state index contributed by atoms with van der Waals surface area (Å²) in [6.07, 6.45) is -4.58. The van der Waals surface area contributed by atoms with Crippen molar-refractivity contribution in [1.82, 2.24) is 10.3 Å². The Hall–Kier alpha value is -1.63. The first-order valence-electron chi connectivity index (χ1n) is 5.71. The second-order valence-electron chi connectivity index (χ2n) is 4.45. The highest BCUT2D eigenvalue weighted by Gasteiger charge is 2.30. The highest BCUT2D eigenvalue weighted by Crippen LogP contribution is 2.28. The highest BCUT2D eigenvalue weighted by atomic mass is 19.4. The number of pyridine rings is 1. The molecule has 1 unspecified atom stereocenters. The van der Waals surface area contributed by atoms with Crippen molar-refractivity contribution < 1.29 is 23.1 Å². The van der Waals surface area contributed by atoms with Gasteiger partial charge in [-0.05, 0) is 18.1 Å². The summed E-state index contributed by atoms with van der Waals surface area (Å²) in [5, 5.41) is 11.9. The Balaban J connectivity index is 2.64. The lowest BCUT2D eigenvalue weighted by atomic mass is 10.1. The molecule has 0 saturated carbocycles. The van der Waals surface area contributed by atoms with Crippen molar-refractivity contribution in [3.05, 3.63) is 29.6 Å². The van der Waals surface area contributed by atoms with Crippen molar-refractivity contribution in [2.24, 2.45) is 5.92 Å². The monoisotopic (exact) mass is 276 g/mol. The molecule has 0 radical (unpaired) electrons. The summed E-state index contributed by atoms with van der Waals surface area (Å²) in [5.41, 5.74) is -1.03. The summed E-state index contributed by atoms with van der Waals surface area (Å²) < 4.78 is 36.9. The molecule has 1 aromatic heterocycles. The third-order valence-electron chi connectivity index (χ3n) is 2.56. The Morgan fingerprint density at radius 3 is 2.47 bits per heavy atom. The normalized spacial score (nSPS) is 13.4. The van der Waals surface area contributed by atoms with E-state index < -0.39 is 23.8 Å². The van der Waals surface area contributed by atoms with Crippen LogP contribution in [0.2, 0.25) is 0 Å². The van der Waals surface area contributed by atoms with E-state index in [0.717, 1.165) is 12.1 Å². The van der Waals surface area contributed by atoms with E-state index >= 15 is 0 Å². The molecular weight excluding hydrogens is 261 g/mol. The van der Waals surface area contributed by atoms with Gasteiger partial charge in [0.1, 0.15) is 5.69 Å². The summed E-state index contributed by atoms with van der Waals surface area (Å²) in [6, 6.07) is 1.79. The molecule has 19 heavy (non-hydrogen) atoms. The second-order valence-corrected chi connectivity index (χ2v) is 4.45. The molecule has 4 nitrogen and oxygen atoms in total. The van der Waals surface area contributed by atoms with Crippen molar-refractivity contribution in [1.29, 1.82) is 0 Å². The van der Waals surface area contributed by atoms with Crippen LogP contribution in [0.4, 0.5) is 13.2 Å². The number of carbonyl (C=O) groups is 1. The fraction of sp³-hybridized carbons (Fsp3) is 0.500. The molecule has 0 aliphatic heterocycles. The quantitative estimate of drug-likeness (QED) is 0.882. The van der Waals surface area contributed by atoms with Crippen LogP contribution in [-0.4, -0.2) is 28.6 Å². The van der Waals surface area contributed by atoms with Crippen molar-refractivity contribution in [3.63, 3.8) is 0 Å². The van der Waals surface area contributed by atoms with Crippen LogP contribution in [0.3, 0.4) is 0 Å². The van der Waals surface area contributed by atoms with Gasteiger partial charge in [0.2, 0.25) is 0 Å². The van der Waals surface area contributed by atoms with Gasteiger partial charge in [0.05, 0.1) is 11.7 Å². The number of aliphatic hydroxyl groups excluding tert-OH is 1. The van der Waals surface area contributed by atoms with Gasteiger partial charge in [-0.15, -0.1) is 0 Å². The van der Waals surface area contributed by atoms with E-state index in [0.29, 0.717) is 6.20 Å². The van der Waals surface area contributed by atoms with Crippen LogP contribution in [0.1, 0.15) is 29.9 Å². The zero-order valence-corrected chi connectivity index (χ0v) is 10.5. The average molecular weight is 276 g/mol. The van der Waals surface area contributed by atoms with Crippen LogP contribution in [0.25, 0.3) is 0 Å². The van der Waals surface area contributed by atoms with E-state index in [4.69, 9.17) is 0 Å². The van der Waals surface area contributed by atoms with E-state index in [1.807, 2.05) is 0 Å². The van der Waals surface area contributed by atoms with Crippen LogP contribution in [0.15, 0.2) is 18.3 Å². The fourth-order valence-corrected chi connectivity index (χ4v) is 1.22. The molecule has 1 heterocycles. The van der Waals surface area contributed by atoms with E-state index in [1.165, 1.54) is 0 Å². The van der Waals surface area contributed by atoms with Crippen LogP contribution >= 0.6 is 0 Å². The van der Waals surface area contributed by atoms with Crippen molar-refractivity contribution in [2.75, 3.05) is 6.54 Å². The molecule has 0 aliphatic rings. The van der Waals surface area contributed by atoms with Gasteiger partial charge in [0.15, 0.2) is 0 Å². The first-order chi connectivity index (χ1) is 8.71. The lowest BCUT2D eigenvalue weighted by Crippen LogP contribution is -2.35. The first kappa shape index (κ1) is 15.4. The summed E-state index contributed by atoms with van der Waals surface area (Å²) >= 11 is 0. The summed E-state index contributed by atoms with van der Waals surface area (Å²) in [4.78, 5) is 15.0. The predicted molar refractivity (Wildman–Crippen MR) is 62.4 cm³/mol. The SMILES string of the molecule is CC(C)C(O)CNC(=O)c1ccc(C(F)(F)F)cn1. The number of nitrogens with zero attached hydrogens (tertiary/aromatic N) is 1. The molecule has 1 amide bonds. The Bertz CT molecular complexity index is 430. The van der Waals surface area contributed by atoms with Crippen LogP contribution in [0.5, 0.6) is 0 Å². The number of hydrogen-bond acceptors (Lipinski definition) is 3. The number of nitrogens with one attached hydrogen (secondary N) is 1. The van der Waals surface area contributed by atoms with Crippen LogP contribution in [-0.2, 0) is 6.18 Å². The maximum absolute atomic E-state index is 12.3. The Kier molecular flexibility index (Phi) is 4.88. The molecule has 0 spiro atoms. The number of halogens is 3. The van der Waals surface area contributed by atoms with Crippen LogP contribution in [0, 0.1) is 5.92 Å². The molecule has 0 aromatic carbocycles. The van der Waals surface area contributed by atoms with Crippen LogP contribution < -0.4 is 5.32 Å². The Morgan fingerprint density at radius 2 is 2.05 bits per heavy atom. The van der Waals surface area contributed by atoms with E-state index in [1.54, 1.807) is 13.8 Å². The largest absolute Gasteiger partial charge is 0.417 e. The van der Waals surface area contributed by atoms with Gasteiger partial charge in [-0.1, -0.05) is 13.8 Å². The number of aromatic nitrogens is 1. The predicted octanol–water partition coefficient (Wildman–Crippen LogP) is 1.85. The van der Waals surface area contributed by atoms with E-state index in [-0.39, 0.29) is 18.2 Å². The molecule has 2 N–H and O–H groups in total. The number of hydrogen-bond donors (Lipinski definition) is 2. The molecule has 7 heteroatoms. The maximum Gasteiger partial charge on any atom is 0.417 e. The topological polar surface area (TPSA) is 62.2 Å². The molecular formula is C12H15F3N2O2. The number of rotatable bonds is 4. The molecule has 1 aromatic rings. The summed E-state index contributed by atoms with van der Waals surface area (Å²) in [6.45, 7) is 3.60. The summed E-state index contributed by atoms with van der Waals surface area (Å²) in [5.74, 6) is -0.644. The van der Waals surface area contributed by atoms with Gasteiger partial charge in [0.25, 0.3) is 5.91 Å². The van der Waals surface area contributed by atoms with Crippen molar-refractivity contribution in [3.8, 4) is 0 Å². The van der Waals surface area contributed by atoms with E-state index in [2.05, 4.69) is 10.3 Å². The lowest BCUT2D eigenvalue weighted by Gasteiger charge is -2.14. The standard InChI is InChI=1S/C12H15F3N2O2/c1-7(2)10(18)6-17-11(19)9-4-3-8(5-16-9)12(13,14)15/h3-5,7,10,18H,6H2,1-2H3,(H,17,19). The average Bonchev–Trinajstić information content (AvgIpc) is 2.34. The molecule has 106 valence electrons. The van der Waals surface area contributed by atoms with Gasteiger partial charge in [0, 0.05) is 12.7 Å². The molecule has 1 atom stereocenters. The maximum atomic E-state index is 12.3. The zero-order valence-electron chi connectivity index (χ0n) is 10.5. The number of alkyl halides is 3. The fourth-order valence-electron chi connectivity index (χ4n) is 1.22. The van der Waals surface area contributed by atoms with E-state index in [9.17, 15) is 23.1 Å². The molecule has 0 aliphatic carbocycles. The third-order valence-corrected chi connectivity index (χ3v) is 2.56. The van der Waals surface area contributed by atoms with Crippen molar-refractivity contribution >= 4 is 5.91 Å². The van der Waals surface area contributed by atoms with Gasteiger partial charge in [-0.3, -0.25) is 9.78 Å². The number of carbonyl (C=O) groups excluding carboxylic acids is 1. The van der Waals surface area contributed by atoms with Crippen molar-refractivity contribution in [2.45, 2.75) is 26.1 Å². The summed E-state index contributed by atoms with van der Waals surface area (Å²) in [7, 11) is 0. The Morgan fingerprint density at radius 1 is 1.42 bits per heavy atom. The molecule has 0 bridgehead atoms. The first-order valence-corrected chi connectivity index (χ1v) is 5.71. The zero-order chi connectivity index (χ0) is 14.6. The molecule has 1 rings (SSSR count). The smallest absolute Gasteiger partial charge is 0.391 e. The minimum absolute atomic E-state index is 0.0270. The highest BCUT2D eigenvalue weighted by molar-refractivity contribution is 5.92. The second kappa shape index (κ2) is 6.01. The van der Waals surface area contributed by atoms with Gasteiger partial charge in [-0.2, -0.15) is 13.2 Å². The lowest BCUT2D eigenvalue weighted by molar-refractivity contribution is -0.137. The Labute approximate surface area is 108 Å².